The van der Waals surface area contributed by atoms with Crippen molar-refractivity contribution in [3.05, 3.63) is 0 Å². The Morgan fingerprint density at radius 2 is 1.83 bits per heavy atom. The lowest BCUT2D eigenvalue weighted by Crippen LogP contribution is -2.48. The molecule has 3 heteroatoms. The maximum Gasteiger partial charge on any atom is 0.0521 e. The van der Waals surface area contributed by atoms with E-state index in [1.807, 2.05) is 0 Å². The topological polar surface area (TPSA) is 38.5 Å². The second-order valence-electron chi connectivity index (χ2n) is 6.80. The molecule has 2 aliphatic heterocycles. The fourth-order valence-corrected chi connectivity index (χ4v) is 4.17. The molecule has 1 aliphatic carbocycles. The van der Waals surface area contributed by atoms with E-state index in [4.69, 9.17) is 10.5 Å². The molecule has 1 saturated carbocycles. The van der Waals surface area contributed by atoms with E-state index in [9.17, 15) is 0 Å². The number of rotatable bonds is 2. The highest BCUT2D eigenvalue weighted by molar-refractivity contribution is 4.90. The monoisotopic (exact) mass is 252 g/mol. The minimum Gasteiger partial charge on any atom is -0.381 e. The summed E-state index contributed by atoms with van der Waals surface area (Å²) in [4.78, 5) is 2.64. The van der Waals surface area contributed by atoms with Gasteiger partial charge in [0.2, 0.25) is 0 Å². The van der Waals surface area contributed by atoms with Crippen LogP contribution in [0.2, 0.25) is 0 Å². The molecule has 18 heavy (non-hydrogen) atoms. The molecule has 0 aromatic heterocycles. The lowest BCUT2D eigenvalue weighted by molar-refractivity contribution is 0.0138. The number of ether oxygens (including phenoxy) is 1. The van der Waals surface area contributed by atoms with Crippen molar-refractivity contribution in [1.82, 2.24) is 4.90 Å². The van der Waals surface area contributed by atoms with Gasteiger partial charge in [-0.05, 0) is 50.6 Å². The van der Waals surface area contributed by atoms with E-state index in [0.29, 0.717) is 12.0 Å². The van der Waals surface area contributed by atoms with Gasteiger partial charge in [0.1, 0.15) is 0 Å². The van der Waals surface area contributed by atoms with Crippen LogP contribution in [0.4, 0.5) is 0 Å². The maximum atomic E-state index is 6.21. The maximum absolute atomic E-state index is 6.21. The van der Waals surface area contributed by atoms with E-state index >= 15 is 0 Å². The van der Waals surface area contributed by atoms with E-state index in [1.165, 1.54) is 51.6 Å². The number of hydrogen-bond acceptors (Lipinski definition) is 3. The number of nitrogens with zero attached hydrogens (tertiary/aromatic N) is 1. The van der Waals surface area contributed by atoms with E-state index < -0.39 is 0 Å². The molecule has 104 valence electrons. The highest BCUT2D eigenvalue weighted by Gasteiger charge is 2.37. The zero-order valence-corrected chi connectivity index (χ0v) is 11.6. The van der Waals surface area contributed by atoms with Crippen LogP contribution in [0.3, 0.4) is 0 Å². The first kappa shape index (κ1) is 12.9. The van der Waals surface area contributed by atoms with Crippen molar-refractivity contribution >= 4 is 0 Å². The molecule has 0 aromatic rings. The van der Waals surface area contributed by atoms with Gasteiger partial charge in [-0.25, -0.2) is 0 Å². The molecule has 2 unspecified atom stereocenters. The third-order valence-corrected chi connectivity index (χ3v) is 5.61. The summed E-state index contributed by atoms with van der Waals surface area (Å²) in [6.07, 6.45) is 9.83. The van der Waals surface area contributed by atoms with Crippen LogP contribution in [0.25, 0.3) is 0 Å². The van der Waals surface area contributed by atoms with Gasteiger partial charge in [0.15, 0.2) is 0 Å². The zero-order chi connectivity index (χ0) is 12.4. The van der Waals surface area contributed by atoms with Crippen molar-refractivity contribution in [3.8, 4) is 0 Å². The van der Waals surface area contributed by atoms with Gasteiger partial charge in [-0.1, -0.05) is 12.8 Å². The summed E-state index contributed by atoms with van der Waals surface area (Å²) in [5, 5.41) is 0. The standard InChI is InChI=1S/C15H28N2O/c16-14-3-10-18-12-13(14)11-17-8-6-15(7-9-17)4-1-2-5-15/h13-14H,1-12,16H2. The molecule has 1 spiro atoms. The first-order valence-electron chi connectivity index (χ1n) is 7.83. The molecule has 2 heterocycles. The lowest BCUT2D eigenvalue weighted by atomic mass is 9.77. The largest absolute Gasteiger partial charge is 0.381 e. The number of likely N-dealkylation sites (tertiary alicyclic amines) is 1. The zero-order valence-electron chi connectivity index (χ0n) is 11.6. The molecule has 0 amide bonds. The fourth-order valence-electron chi connectivity index (χ4n) is 4.17. The lowest BCUT2D eigenvalue weighted by Gasteiger charge is -2.41. The van der Waals surface area contributed by atoms with Gasteiger partial charge in [0.25, 0.3) is 0 Å². The third-order valence-electron chi connectivity index (χ3n) is 5.61. The minimum atomic E-state index is 0.362. The van der Waals surface area contributed by atoms with Crippen molar-refractivity contribution in [3.63, 3.8) is 0 Å². The Morgan fingerprint density at radius 1 is 1.11 bits per heavy atom. The van der Waals surface area contributed by atoms with Crippen LogP contribution in [-0.4, -0.2) is 43.8 Å². The quantitative estimate of drug-likeness (QED) is 0.817. The third kappa shape index (κ3) is 2.73. The van der Waals surface area contributed by atoms with Crippen LogP contribution in [0, 0.1) is 11.3 Å². The summed E-state index contributed by atoms with van der Waals surface area (Å²) >= 11 is 0. The Labute approximate surface area is 111 Å². The molecule has 3 nitrogen and oxygen atoms in total. The Balaban J connectivity index is 1.47. The van der Waals surface area contributed by atoms with Crippen molar-refractivity contribution in [2.75, 3.05) is 32.8 Å². The molecule has 2 N–H and O–H groups in total. The minimum absolute atomic E-state index is 0.362. The highest BCUT2D eigenvalue weighted by Crippen LogP contribution is 2.46. The normalized spacial score (nSPS) is 37.2. The Bertz CT molecular complexity index is 266. The summed E-state index contributed by atoms with van der Waals surface area (Å²) < 4.78 is 5.58. The molecule has 0 bridgehead atoms. The van der Waals surface area contributed by atoms with Crippen LogP contribution in [0.5, 0.6) is 0 Å². The van der Waals surface area contributed by atoms with Crippen LogP contribution in [-0.2, 0) is 4.74 Å². The first-order valence-corrected chi connectivity index (χ1v) is 7.83. The second-order valence-corrected chi connectivity index (χ2v) is 6.80. The van der Waals surface area contributed by atoms with E-state index in [1.54, 1.807) is 0 Å². The van der Waals surface area contributed by atoms with Gasteiger partial charge in [-0.3, -0.25) is 0 Å². The Hall–Kier alpha value is -0.120. The van der Waals surface area contributed by atoms with Crippen LogP contribution >= 0.6 is 0 Å². The molecular formula is C15H28N2O. The van der Waals surface area contributed by atoms with Crippen molar-refractivity contribution in [1.29, 1.82) is 0 Å². The molecular weight excluding hydrogens is 224 g/mol. The molecule has 0 aromatic carbocycles. The molecule has 2 atom stereocenters. The average molecular weight is 252 g/mol. The number of hydrogen-bond donors (Lipinski definition) is 1. The molecule has 3 aliphatic rings. The van der Waals surface area contributed by atoms with Gasteiger partial charge in [0.05, 0.1) is 6.61 Å². The molecule has 2 saturated heterocycles. The Morgan fingerprint density at radius 3 is 2.50 bits per heavy atom. The number of nitrogens with two attached hydrogens (primary N) is 1. The highest BCUT2D eigenvalue weighted by atomic mass is 16.5. The smallest absolute Gasteiger partial charge is 0.0521 e. The molecule has 3 fully saturated rings. The van der Waals surface area contributed by atoms with Gasteiger partial charge >= 0.3 is 0 Å². The van der Waals surface area contributed by atoms with Crippen LogP contribution < -0.4 is 5.73 Å². The van der Waals surface area contributed by atoms with E-state index in [0.717, 1.165) is 31.6 Å². The summed E-state index contributed by atoms with van der Waals surface area (Å²) in [6, 6.07) is 0.362. The van der Waals surface area contributed by atoms with E-state index in [-0.39, 0.29) is 0 Å². The summed E-state index contributed by atoms with van der Waals surface area (Å²) in [6.45, 7) is 5.49. The first-order chi connectivity index (χ1) is 8.77. The van der Waals surface area contributed by atoms with Crippen molar-refractivity contribution in [2.24, 2.45) is 17.1 Å². The fraction of sp³-hybridized carbons (Fsp3) is 1.00. The number of piperidine rings is 1. The van der Waals surface area contributed by atoms with Crippen LogP contribution in [0.1, 0.15) is 44.9 Å². The van der Waals surface area contributed by atoms with Gasteiger partial charge in [0, 0.05) is 25.1 Å². The van der Waals surface area contributed by atoms with Crippen molar-refractivity contribution < 1.29 is 4.74 Å². The SMILES string of the molecule is NC1CCOCC1CN1CCC2(CCCC2)CC1. The summed E-state index contributed by atoms with van der Waals surface area (Å²) in [5.74, 6) is 0.566. The second kappa shape index (κ2) is 5.48. The van der Waals surface area contributed by atoms with Crippen molar-refractivity contribution in [2.45, 2.75) is 51.0 Å². The molecule has 0 radical (unpaired) electrons. The van der Waals surface area contributed by atoms with Crippen LogP contribution in [0.15, 0.2) is 0 Å². The predicted octanol–water partition coefficient (Wildman–Crippen LogP) is 2.01. The average Bonchev–Trinajstić information content (AvgIpc) is 2.84. The summed E-state index contributed by atoms with van der Waals surface area (Å²) in [5.41, 5.74) is 6.94. The Kier molecular flexibility index (Phi) is 3.92. The summed E-state index contributed by atoms with van der Waals surface area (Å²) in [7, 11) is 0. The predicted molar refractivity (Wildman–Crippen MR) is 73.5 cm³/mol. The van der Waals surface area contributed by atoms with Gasteiger partial charge < -0.3 is 15.4 Å². The van der Waals surface area contributed by atoms with Gasteiger partial charge in [-0.15, -0.1) is 0 Å². The molecule has 3 rings (SSSR count). The van der Waals surface area contributed by atoms with E-state index in [2.05, 4.69) is 4.90 Å². The van der Waals surface area contributed by atoms with Gasteiger partial charge in [-0.2, -0.15) is 0 Å².